The van der Waals surface area contributed by atoms with Crippen LogP contribution in [0, 0.1) is 12.8 Å². The van der Waals surface area contributed by atoms with E-state index >= 15 is 0 Å². The predicted molar refractivity (Wildman–Crippen MR) is 145 cm³/mol. The molecule has 0 spiro atoms. The van der Waals surface area contributed by atoms with Crippen molar-refractivity contribution in [2.45, 2.75) is 64.1 Å². The SMILES string of the molecule is Cc1cc(C2CC2)ccc1-c1nc2nc(C(=O)O)nc(NCCC3CCC3)c2n1Cc1ccc(C(F)(F)F)cc1. The standard InChI is InChI=1S/C30H30F3N5O2/c1-17-15-21(20-7-8-20)9-12-23(17)28-37-26-24(38(28)16-19-5-10-22(11-6-19)30(31,32)33)25(35-27(36-26)29(39)40)34-14-13-18-3-2-4-18/h5-6,9-12,15,18,20H,2-4,7-8,13-14,16H2,1H3,(H,39,40)(H,34,35,36). The molecule has 0 bridgehead atoms. The van der Waals surface area contributed by atoms with Crippen molar-refractivity contribution in [1.82, 2.24) is 19.5 Å². The number of nitrogens with one attached hydrogen (secondary N) is 1. The summed E-state index contributed by atoms with van der Waals surface area (Å²) in [6.45, 7) is 2.84. The number of aryl methyl sites for hydroxylation is 1. The predicted octanol–water partition coefficient (Wildman–Crippen LogP) is 7.05. The quantitative estimate of drug-likeness (QED) is 0.233. The van der Waals surface area contributed by atoms with E-state index in [0.29, 0.717) is 41.1 Å². The van der Waals surface area contributed by atoms with Crippen LogP contribution in [-0.4, -0.2) is 37.1 Å². The molecule has 4 aromatic rings. The fraction of sp³-hybridized carbons (Fsp3) is 0.400. The van der Waals surface area contributed by atoms with Crippen molar-refractivity contribution in [3.8, 4) is 11.4 Å². The van der Waals surface area contributed by atoms with Gasteiger partial charge >= 0.3 is 12.1 Å². The number of nitrogens with zero attached hydrogens (tertiary/aromatic N) is 4. The van der Waals surface area contributed by atoms with Gasteiger partial charge in [-0.25, -0.2) is 19.7 Å². The van der Waals surface area contributed by atoms with Crippen molar-refractivity contribution in [1.29, 1.82) is 0 Å². The lowest BCUT2D eigenvalue weighted by Gasteiger charge is -2.25. The Morgan fingerprint density at radius 3 is 2.40 bits per heavy atom. The van der Waals surface area contributed by atoms with Gasteiger partial charge in [-0.2, -0.15) is 13.2 Å². The highest BCUT2D eigenvalue weighted by Gasteiger charge is 2.30. The summed E-state index contributed by atoms with van der Waals surface area (Å²) in [6, 6.07) is 11.3. The summed E-state index contributed by atoms with van der Waals surface area (Å²) in [5.74, 6) is 0.532. The topological polar surface area (TPSA) is 92.9 Å². The van der Waals surface area contributed by atoms with Gasteiger partial charge in [-0.05, 0) is 66.8 Å². The number of alkyl halides is 3. The fourth-order valence-corrected chi connectivity index (χ4v) is 5.38. The monoisotopic (exact) mass is 549 g/mol. The van der Waals surface area contributed by atoms with Crippen molar-refractivity contribution in [2.24, 2.45) is 5.92 Å². The summed E-state index contributed by atoms with van der Waals surface area (Å²) in [5.41, 5.74) is 3.82. The molecule has 2 aliphatic carbocycles. The zero-order chi connectivity index (χ0) is 28.0. The van der Waals surface area contributed by atoms with E-state index in [9.17, 15) is 23.1 Å². The van der Waals surface area contributed by atoms with Crippen LogP contribution in [0.4, 0.5) is 19.0 Å². The first-order valence-corrected chi connectivity index (χ1v) is 13.7. The van der Waals surface area contributed by atoms with E-state index in [1.165, 1.54) is 49.8 Å². The van der Waals surface area contributed by atoms with E-state index in [1.807, 2.05) is 17.6 Å². The van der Waals surface area contributed by atoms with Gasteiger partial charge in [-0.1, -0.05) is 49.6 Å². The number of aromatic carboxylic acids is 1. The van der Waals surface area contributed by atoms with Crippen LogP contribution >= 0.6 is 0 Å². The Morgan fingerprint density at radius 2 is 1.80 bits per heavy atom. The van der Waals surface area contributed by atoms with Gasteiger partial charge < -0.3 is 15.0 Å². The van der Waals surface area contributed by atoms with E-state index in [4.69, 9.17) is 4.98 Å². The van der Waals surface area contributed by atoms with Crippen molar-refractivity contribution < 1.29 is 23.1 Å². The fourth-order valence-electron chi connectivity index (χ4n) is 5.38. The zero-order valence-electron chi connectivity index (χ0n) is 22.1. The lowest BCUT2D eigenvalue weighted by molar-refractivity contribution is -0.137. The number of carboxylic acids is 1. The largest absolute Gasteiger partial charge is 0.475 e. The molecule has 2 aliphatic rings. The van der Waals surface area contributed by atoms with Gasteiger partial charge in [0.15, 0.2) is 11.5 Å². The smallest absolute Gasteiger partial charge is 0.416 e. The summed E-state index contributed by atoms with van der Waals surface area (Å²) < 4.78 is 41.5. The number of carbonyl (C=O) groups is 1. The Kier molecular flexibility index (Phi) is 6.72. The number of imidazole rings is 1. The number of hydrogen-bond acceptors (Lipinski definition) is 5. The molecular weight excluding hydrogens is 519 g/mol. The third kappa shape index (κ3) is 5.26. The van der Waals surface area contributed by atoms with E-state index in [1.54, 1.807) is 0 Å². The Morgan fingerprint density at radius 1 is 1.05 bits per heavy atom. The first-order chi connectivity index (χ1) is 19.2. The molecule has 0 unspecified atom stereocenters. The van der Waals surface area contributed by atoms with Gasteiger partial charge in [-0.15, -0.1) is 0 Å². The Hall–Kier alpha value is -3.95. The van der Waals surface area contributed by atoms with Gasteiger partial charge in [0.1, 0.15) is 11.3 Å². The molecule has 0 saturated heterocycles. The molecule has 2 saturated carbocycles. The summed E-state index contributed by atoms with van der Waals surface area (Å²) in [7, 11) is 0. The minimum atomic E-state index is -4.43. The molecule has 6 rings (SSSR count). The zero-order valence-corrected chi connectivity index (χ0v) is 22.1. The number of carboxylic acid groups (broad SMARTS) is 1. The maximum atomic E-state index is 13.2. The van der Waals surface area contributed by atoms with Crippen LogP contribution < -0.4 is 5.32 Å². The third-order valence-electron chi connectivity index (χ3n) is 8.03. The second-order valence-electron chi connectivity index (χ2n) is 11.0. The van der Waals surface area contributed by atoms with Crippen LogP contribution in [0.15, 0.2) is 42.5 Å². The Balaban J connectivity index is 1.47. The number of anilines is 1. The van der Waals surface area contributed by atoms with Crippen molar-refractivity contribution in [3.63, 3.8) is 0 Å². The minimum Gasteiger partial charge on any atom is -0.475 e. The van der Waals surface area contributed by atoms with Crippen molar-refractivity contribution >= 4 is 23.0 Å². The first-order valence-electron chi connectivity index (χ1n) is 13.7. The van der Waals surface area contributed by atoms with Crippen molar-refractivity contribution in [2.75, 3.05) is 11.9 Å². The highest BCUT2D eigenvalue weighted by atomic mass is 19.4. The van der Waals surface area contributed by atoms with E-state index in [-0.39, 0.29) is 18.0 Å². The van der Waals surface area contributed by atoms with Gasteiger partial charge in [0.05, 0.1) is 5.56 Å². The summed E-state index contributed by atoms with van der Waals surface area (Å²) >= 11 is 0. The molecule has 2 N–H and O–H groups in total. The normalized spacial score (nSPS) is 15.8. The molecule has 2 heterocycles. The molecule has 0 radical (unpaired) electrons. The van der Waals surface area contributed by atoms with E-state index in [0.717, 1.165) is 29.7 Å². The first kappa shape index (κ1) is 26.3. The molecule has 2 fully saturated rings. The number of benzene rings is 2. The average Bonchev–Trinajstić information content (AvgIpc) is 3.67. The van der Waals surface area contributed by atoms with E-state index in [2.05, 4.69) is 27.4 Å². The Labute approximate surface area is 229 Å². The highest BCUT2D eigenvalue weighted by molar-refractivity contribution is 5.92. The molecule has 0 aliphatic heterocycles. The van der Waals surface area contributed by atoms with Crippen LogP contribution in [0.5, 0.6) is 0 Å². The maximum absolute atomic E-state index is 13.2. The number of halogens is 3. The third-order valence-corrected chi connectivity index (χ3v) is 8.03. The van der Waals surface area contributed by atoms with Gasteiger partial charge in [0, 0.05) is 18.7 Å². The van der Waals surface area contributed by atoms with Crippen LogP contribution in [0.25, 0.3) is 22.6 Å². The molecule has 208 valence electrons. The second kappa shape index (κ2) is 10.2. The number of hydrogen-bond donors (Lipinski definition) is 2. The molecule has 40 heavy (non-hydrogen) atoms. The number of rotatable bonds is 9. The molecule has 2 aromatic heterocycles. The maximum Gasteiger partial charge on any atom is 0.416 e. The van der Waals surface area contributed by atoms with E-state index < -0.39 is 17.7 Å². The molecule has 10 heteroatoms. The van der Waals surface area contributed by atoms with Gasteiger partial charge in [0.25, 0.3) is 0 Å². The van der Waals surface area contributed by atoms with Crippen LogP contribution in [0.3, 0.4) is 0 Å². The van der Waals surface area contributed by atoms with Gasteiger partial charge in [-0.3, -0.25) is 0 Å². The molecule has 0 amide bonds. The molecule has 2 aromatic carbocycles. The van der Waals surface area contributed by atoms with Crippen LogP contribution in [-0.2, 0) is 12.7 Å². The summed E-state index contributed by atoms with van der Waals surface area (Å²) in [6.07, 6.45) is 2.47. The molecule has 0 atom stereocenters. The van der Waals surface area contributed by atoms with Crippen LogP contribution in [0.1, 0.15) is 77.3 Å². The minimum absolute atomic E-state index is 0.209. The highest BCUT2D eigenvalue weighted by Crippen LogP contribution is 2.42. The van der Waals surface area contributed by atoms with Gasteiger partial charge in [0.2, 0.25) is 5.82 Å². The summed E-state index contributed by atoms with van der Waals surface area (Å²) in [5, 5.41) is 13.0. The van der Waals surface area contributed by atoms with Crippen molar-refractivity contribution in [3.05, 3.63) is 70.5 Å². The lowest BCUT2D eigenvalue weighted by Crippen LogP contribution is -2.17. The second-order valence-corrected chi connectivity index (χ2v) is 11.0. The number of aromatic nitrogens is 4. The molecular formula is C30H30F3N5O2. The summed E-state index contributed by atoms with van der Waals surface area (Å²) in [4.78, 5) is 25.3. The Bertz CT molecular complexity index is 1570. The lowest BCUT2D eigenvalue weighted by atomic mass is 9.83. The van der Waals surface area contributed by atoms with Crippen LogP contribution in [0.2, 0.25) is 0 Å². The average molecular weight is 550 g/mol. The number of fused-ring (bicyclic) bond motifs is 1. The molecule has 7 nitrogen and oxygen atoms in total.